The van der Waals surface area contributed by atoms with Crippen molar-refractivity contribution in [1.29, 1.82) is 0 Å². The first-order valence-corrected chi connectivity index (χ1v) is 22.8. The van der Waals surface area contributed by atoms with Crippen LogP contribution < -0.4 is 4.90 Å². The molecule has 10 aromatic carbocycles. The molecule has 1 nitrogen and oxygen atoms in total. The Hall–Kier alpha value is -8.00. The Labute approximate surface area is 382 Å². The summed E-state index contributed by atoms with van der Waals surface area (Å²) in [6, 6.07) is 92.0. The van der Waals surface area contributed by atoms with Gasteiger partial charge in [-0.3, -0.25) is 0 Å². The zero-order valence-electron chi connectivity index (χ0n) is 36.6. The molecule has 0 saturated heterocycles. The van der Waals surface area contributed by atoms with Crippen LogP contribution in [-0.4, -0.2) is 0 Å². The SMILES string of the molecule is CC1(C)c2cc(-c3ccccc3)ccc2-c2ccc(N(c3ccccc3-c3ccc(-c4ccccc4)cc3)c3cccc4c3-c3ccccc3C4(c3ccccc3)c3ccccc3)cc21. The molecule has 0 aliphatic heterocycles. The minimum atomic E-state index is -0.527. The lowest BCUT2D eigenvalue weighted by molar-refractivity contribution is 0.660. The molecule has 12 rings (SSSR count). The second-order valence-corrected chi connectivity index (χ2v) is 18.0. The number of para-hydroxylation sites is 1. The third-order valence-electron chi connectivity index (χ3n) is 14.2. The van der Waals surface area contributed by atoms with Gasteiger partial charge < -0.3 is 4.90 Å². The molecule has 0 spiro atoms. The molecule has 65 heavy (non-hydrogen) atoms. The summed E-state index contributed by atoms with van der Waals surface area (Å²) in [5.74, 6) is 0. The van der Waals surface area contributed by atoms with E-state index >= 15 is 0 Å². The van der Waals surface area contributed by atoms with E-state index in [4.69, 9.17) is 0 Å². The van der Waals surface area contributed by atoms with Gasteiger partial charge in [0.05, 0.1) is 16.8 Å². The van der Waals surface area contributed by atoms with Gasteiger partial charge in [0.25, 0.3) is 0 Å². The summed E-state index contributed by atoms with van der Waals surface area (Å²) in [5.41, 5.74) is 22.8. The molecule has 0 fully saturated rings. The van der Waals surface area contributed by atoms with Crippen molar-refractivity contribution < 1.29 is 0 Å². The first-order chi connectivity index (χ1) is 32.0. The quantitative estimate of drug-likeness (QED) is 0.147. The molecule has 0 atom stereocenters. The highest BCUT2D eigenvalue weighted by atomic mass is 15.1. The van der Waals surface area contributed by atoms with Crippen molar-refractivity contribution in [2.24, 2.45) is 0 Å². The van der Waals surface area contributed by atoms with Crippen LogP contribution in [-0.2, 0) is 10.8 Å². The smallest absolute Gasteiger partial charge is 0.0714 e. The predicted octanol–water partition coefficient (Wildman–Crippen LogP) is 16.8. The van der Waals surface area contributed by atoms with Crippen LogP contribution in [0.1, 0.15) is 47.2 Å². The number of rotatable bonds is 8. The fraction of sp³-hybridized carbons (Fsp3) is 0.0625. The number of benzene rings is 10. The molecule has 0 saturated carbocycles. The molecule has 0 aromatic heterocycles. The molecule has 1 heteroatoms. The lowest BCUT2D eigenvalue weighted by Crippen LogP contribution is -2.28. The Kier molecular flexibility index (Phi) is 9.14. The number of hydrogen-bond acceptors (Lipinski definition) is 1. The largest absolute Gasteiger partial charge is 0.309 e. The van der Waals surface area contributed by atoms with Gasteiger partial charge >= 0.3 is 0 Å². The maximum absolute atomic E-state index is 2.55. The summed E-state index contributed by atoms with van der Waals surface area (Å²) < 4.78 is 0. The van der Waals surface area contributed by atoms with Crippen LogP contribution in [0.25, 0.3) is 55.6 Å². The Balaban J connectivity index is 1.10. The summed E-state index contributed by atoms with van der Waals surface area (Å²) >= 11 is 0. The maximum Gasteiger partial charge on any atom is 0.0714 e. The van der Waals surface area contributed by atoms with E-state index in [1.54, 1.807) is 0 Å². The van der Waals surface area contributed by atoms with Crippen LogP contribution >= 0.6 is 0 Å². The van der Waals surface area contributed by atoms with Gasteiger partial charge in [0, 0.05) is 22.2 Å². The summed E-state index contributed by atoms with van der Waals surface area (Å²) in [4.78, 5) is 2.55. The number of hydrogen-bond donors (Lipinski definition) is 0. The van der Waals surface area contributed by atoms with Gasteiger partial charge in [0.2, 0.25) is 0 Å². The van der Waals surface area contributed by atoms with E-state index in [0.29, 0.717) is 0 Å². The van der Waals surface area contributed by atoms with E-state index in [0.717, 1.165) is 17.1 Å². The molecule has 0 amide bonds. The van der Waals surface area contributed by atoms with Crippen LogP contribution in [0.4, 0.5) is 17.1 Å². The van der Waals surface area contributed by atoms with E-state index in [2.05, 4.69) is 267 Å². The van der Waals surface area contributed by atoms with Crippen LogP contribution in [0.15, 0.2) is 249 Å². The normalized spacial score (nSPS) is 13.6. The molecular formula is C64H47N. The first kappa shape index (κ1) is 38.7. The molecule has 10 aromatic rings. The van der Waals surface area contributed by atoms with Crippen LogP contribution in [0.5, 0.6) is 0 Å². The lowest BCUT2D eigenvalue weighted by atomic mass is 9.68. The van der Waals surface area contributed by atoms with Crippen LogP contribution in [0.2, 0.25) is 0 Å². The van der Waals surface area contributed by atoms with Crippen molar-refractivity contribution in [1.82, 2.24) is 0 Å². The molecular weight excluding hydrogens is 783 g/mol. The van der Waals surface area contributed by atoms with Crippen molar-refractivity contribution in [2.75, 3.05) is 4.90 Å². The fourth-order valence-electron chi connectivity index (χ4n) is 11.1. The van der Waals surface area contributed by atoms with Crippen molar-refractivity contribution in [2.45, 2.75) is 24.7 Å². The third kappa shape index (κ3) is 6.07. The second-order valence-electron chi connectivity index (χ2n) is 18.0. The Morgan fingerprint density at radius 2 is 0.754 bits per heavy atom. The minimum Gasteiger partial charge on any atom is -0.309 e. The maximum atomic E-state index is 2.55. The molecule has 0 N–H and O–H groups in total. The van der Waals surface area contributed by atoms with Crippen molar-refractivity contribution in [3.05, 3.63) is 282 Å². The van der Waals surface area contributed by atoms with Gasteiger partial charge in [-0.1, -0.05) is 232 Å². The van der Waals surface area contributed by atoms with Gasteiger partial charge in [-0.05, 0) is 108 Å². The van der Waals surface area contributed by atoms with E-state index in [-0.39, 0.29) is 5.41 Å². The van der Waals surface area contributed by atoms with E-state index in [9.17, 15) is 0 Å². The molecule has 0 bridgehead atoms. The average molecular weight is 830 g/mol. The summed E-state index contributed by atoms with van der Waals surface area (Å²) in [6.07, 6.45) is 0. The zero-order chi connectivity index (χ0) is 43.5. The summed E-state index contributed by atoms with van der Waals surface area (Å²) in [6.45, 7) is 4.79. The lowest BCUT2D eigenvalue weighted by Gasteiger charge is -2.35. The van der Waals surface area contributed by atoms with Crippen molar-refractivity contribution >= 4 is 17.1 Å². The average Bonchev–Trinajstić information content (AvgIpc) is 3.81. The first-order valence-electron chi connectivity index (χ1n) is 22.8. The second kappa shape index (κ2) is 15.4. The van der Waals surface area contributed by atoms with Crippen molar-refractivity contribution in [3.8, 4) is 55.6 Å². The highest BCUT2D eigenvalue weighted by molar-refractivity contribution is 6.00. The van der Waals surface area contributed by atoms with Crippen LogP contribution in [0, 0.1) is 0 Å². The predicted molar refractivity (Wildman–Crippen MR) is 272 cm³/mol. The van der Waals surface area contributed by atoms with Gasteiger partial charge in [-0.2, -0.15) is 0 Å². The van der Waals surface area contributed by atoms with Gasteiger partial charge in [-0.25, -0.2) is 0 Å². The van der Waals surface area contributed by atoms with Crippen LogP contribution in [0.3, 0.4) is 0 Å². The van der Waals surface area contributed by atoms with Gasteiger partial charge in [0.1, 0.15) is 0 Å². The Morgan fingerprint density at radius 3 is 1.42 bits per heavy atom. The number of nitrogens with zero attached hydrogens (tertiary/aromatic N) is 1. The van der Waals surface area contributed by atoms with Gasteiger partial charge in [-0.15, -0.1) is 0 Å². The Bertz CT molecular complexity index is 3330. The molecule has 2 aliphatic carbocycles. The molecule has 0 radical (unpaired) electrons. The molecule has 0 heterocycles. The van der Waals surface area contributed by atoms with E-state index < -0.39 is 5.41 Å². The molecule has 2 aliphatic rings. The Morgan fingerprint density at radius 1 is 0.292 bits per heavy atom. The van der Waals surface area contributed by atoms with Crippen molar-refractivity contribution in [3.63, 3.8) is 0 Å². The molecule has 0 unspecified atom stereocenters. The fourth-order valence-corrected chi connectivity index (χ4v) is 11.1. The van der Waals surface area contributed by atoms with Gasteiger partial charge in [0.15, 0.2) is 0 Å². The standard InChI is InChI=1S/C64H47N/c1-63(2)58-42-48(45-22-9-4-10-23-45)38-40-53(58)54-41-39-51(43-59(54)63)65(60-32-18-16-28-52(60)47-36-34-46(35-37-47)44-20-7-3-8-21-44)61-33-19-31-57-62(61)55-29-15-17-30-56(55)64(57,49-24-11-5-12-25-49)50-26-13-6-14-27-50/h3-43H,1-2H3. The highest BCUT2D eigenvalue weighted by Crippen LogP contribution is 2.60. The van der Waals surface area contributed by atoms with E-state index in [1.165, 1.54) is 89.0 Å². The monoisotopic (exact) mass is 829 g/mol. The molecule has 308 valence electrons. The minimum absolute atomic E-state index is 0.231. The summed E-state index contributed by atoms with van der Waals surface area (Å²) in [5, 5.41) is 0. The number of fused-ring (bicyclic) bond motifs is 6. The topological polar surface area (TPSA) is 3.24 Å². The summed E-state index contributed by atoms with van der Waals surface area (Å²) in [7, 11) is 0. The van der Waals surface area contributed by atoms with E-state index in [1.807, 2.05) is 0 Å². The third-order valence-corrected chi connectivity index (χ3v) is 14.2. The highest BCUT2D eigenvalue weighted by Gasteiger charge is 2.47. The zero-order valence-corrected chi connectivity index (χ0v) is 36.6. The number of anilines is 3.